The first-order valence-electron chi connectivity index (χ1n) is 6.19. The molecule has 3 rings (SSSR count). The highest BCUT2D eigenvalue weighted by atomic mass is 79.9. The number of rotatable bonds is 1. The van der Waals surface area contributed by atoms with Crippen molar-refractivity contribution in [1.82, 2.24) is 24.4 Å². The summed E-state index contributed by atoms with van der Waals surface area (Å²) in [6.45, 7) is 1.01. The van der Waals surface area contributed by atoms with Crippen LogP contribution in [0.5, 0.6) is 0 Å². The van der Waals surface area contributed by atoms with Gasteiger partial charge in [0, 0.05) is 19.1 Å². The van der Waals surface area contributed by atoms with Gasteiger partial charge in [-0.3, -0.25) is 4.57 Å². The molecular weight excluding hydrogens is 328 g/mol. The van der Waals surface area contributed by atoms with Crippen molar-refractivity contribution in [2.45, 2.75) is 18.9 Å². The van der Waals surface area contributed by atoms with Crippen LogP contribution in [0, 0.1) is 0 Å². The Bertz CT molecular complexity index is 664. The van der Waals surface area contributed by atoms with Crippen molar-refractivity contribution in [3.05, 3.63) is 11.1 Å². The van der Waals surface area contributed by atoms with E-state index in [1.54, 1.807) is 0 Å². The smallest absolute Gasteiger partial charge is 0.407 e. The number of likely N-dealkylation sites (tertiary alicyclic amines) is 1. The molecule has 1 aliphatic heterocycles. The molecule has 1 fully saturated rings. The number of amides is 1. The Morgan fingerprint density at radius 3 is 2.75 bits per heavy atom. The van der Waals surface area contributed by atoms with Gasteiger partial charge < -0.3 is 15.7 Å². The van der Waals surface area contributed by atoms with Gasteiger partial charge in [0.05, 0.1) is 0 Å². The lowest BCUT2D eigenvalue weighted by Crippen LogP contribution is -2.38. The Morgan fingerprint density at radius 1 is 1.40 bits per heavy atom. The first-order chi connectivity index (χ1) is 9.58. The van der Waals surface area contributed by atoms with Crippen molar-refractivity contribution in [2.75, 3.05) is 18.8 Å². The second-order valence-electron chi connectivity index (χ2n) is 4.68. The maximum absolute atomic E-state index is 10.9. The van der Waals surface area contributed by atoms with Crippen LogP contribution in [0.4, 0.5) is 10.6 Å². The summed E-state index contributed by atoms with van der Waals surface area (Å²) in [5.74, 6) is 0.345. The molecule has 0 spiro atoms. The summed E-state index contributed by atoms with van der Waals surface area (Å²) < 4.78 is 2.61. The number of nitrogens with two attached hydrogens (primary N) is 1. The molecule has 9 heteroatoms. The van der Waals surface area contributed by atoms with Gasteiger partial charge in [-0.1, -0.05) is 0 Å². The lowest BCUT2D eigenvalue weighted by Gasteiger charge is -2.31. The molecule has 8 nitrogen and oxygen atoms in total. The fourth-order valence-electron chi connectivity index (χ4n) is 2.54. The number of nitrogens with zero attached hydrogens (tertiary/aromatic N) is 5. The molecule has 3 heterocycles. The number of hydrogen-bond acceptors (Lipinski definition) is 5. The minimum atomic E-state index is -0.871. The zero-order valence-corrected chi connectivity index (χ0v) is 12.1. The standard InChI is InChI=1S/C11H13BrN6O2/c12-10-16-7-8(13)14-5-15-9(7)18(10)6-1-3-17(4-2-6)11(19)20/h5-6H,1-4H2,(H,19,20)(H2,13,14,15). The van der Waals surface area contributed by atoms with Gasteiger partial charge in [-0.25, -0.2) is 19.7 Å². The minimum Gasteiger partial charge on any atom is -0.465 e. The van der Waals surface area contributed by atoms with E-state index in [2.05, 4.69) is 30.9 Å². The molecule has 0 aromatic carbocycles. The number of imidazole rings is 1. The molecule has 20 heavy (non-hydrogen) atoms. The fourth-order valence-corrected chi connectivity index (χ4v) is 3.17. The Balaban J connectivity index is 1.94. The molecule has 106 valence electrons. The molecule has 1 aliphatic rings. The van der Waals surface area contributed by atoms with Crippen molar-refractivity contribution in [3.8, 4) is 0 Å². The number of nitrogen functional groups attached to an aromatic ring is 1. The molecule has 0 bridgehead atoms. The highest BCUT2D eigenvalue weighted by Crippen LogP contribution is 2.31. The van der Waals surface area contributed by atoms with Crippen LogP contribution in [-0.4, -0.2) is 48.7 Å². The molecule has 1 saturated heterocycles. The summed E-state index contributed by atoms with van der Waals surface area (Å²) in [4.78, 5) is 24.9. The van der Waals surface area contributed by atoms with E-state index in [0.717, 1.165) is 12.8 Å². The summed E-state index contributed by atoms with van der Waals surface area (Å²) in [6.07, 6.45) is 1.99. The number of hydrogen-bond donors (Lipinski definition) is 2. The van der Waals surface area contributed by atoms with Gasteiger partial charge >= 0.3 is 6.09 Å². The molecule has 0 saturated carbocycles. The largest absolute Gasteiger partial charge is 0.465 e. The average Bonchev–Trinajstić information content (AvgIpc) is 2.77. The quantitative estimate of drug-likeness (QED) is 0.761. The van der Waals surface area contributed by atoms with Crippen LogP contribution >= 0.6 is 15.9 Å². The van der Waals surface area contributed by atoms with Gasteiger partial charge in [0.2, 0.25) is 0 Å². The normalized spacial score (nSPS) is 16.8. The van der Waals surface area contributed by atoms with Crippen LogP contribution in [0.3, 0.4) is 0 Å². The van der Waals surface area contributed by atoms with E-state index in [9.17, 15) is 4.79 Å². The third-order valence-corrected chi connectivity index (χ3v) is 4.12. The van der Waals surface area contributed by atoms with Crippen molar-refractivity contribution in [1.29, 1.82) is 0 Å². The van der Waals surface area contributed by atoms with Crippen LogP contribution in [-0.2, 0) is 0 Å². The molecule has 1 amide bonds. The monoisotopic (exact) mass is 340 g/mol. The summed E-state index contributed by atoms with van der Waals surface area (Å²) in [5.41, 5.74) is 7.04. The summed E-state index contributed by atoms with van der Waals surface area (Å²) in [5, 5.41) is 8.98. The van der Waals surface area contributed by atoms with Crippen LogP contribution in [0.25, 0.3) is 11.2 Å². The lowest BCUT2D eigenvalue weighted by atomic mass is 10.1. The van der Waals surface area contributed by atoms with Crippen molar-refractivity contribution in [3.63, 3.8) is 0 Å². The number of anilines is 1. The van der Waals surface area contributed by atoms with Crippen LogP contribution in [0.1, 0.15) is 18.9 Å². The Kier molecular flexibility index (Phi) is 3.20. The highest BCUT2D eigenvalue weighted by molar-refractivity contribution is 9.10. The van der Waals surface area contributed by atoms with Gasteiger partial charge in [-0.2, -0.15) is 0 Å². The van der Waals surface area contributed by atoms with E-state index in [4.69, 9.17) is 10.8 Å². The predicted molar refractivity (Wildman–Crippen MR) is 75.3 cm³/mol. The van der Waals surface area contributed by atoms with Gasteiger partial charge in [0.25, 0.3) is 0 Å². The van der Waals surface area contributed by atoms with E-state index < -0.39 is 6.09 Å². The maximum Gasteiger partial charge on any atom is 0.407 e. The molecule has 3 N–H and O–H groups in total. The number of carboxylic acid groups (broad SMARTS) is 1. The first kappa shape index (κ1) is 13.1. The Morgan fingerprint density at radius 2 is 2.10 bits per heavy atom. The summed E-state index contributed by atoms with van der Waals surface area (Å²) in [6, 6.07) is 0.152. The van der Waals surface area contributed by atoms with Crippen molar-refractivity contribution < 1.29 is 9.90 Å². The molecule has 0 atom stereocenters. The zero-order valence-electron chi connectivity index (χ0n) is 10.5. The first-order valence-corrected chi connectivity index (χ1v) is 6.99. The van der Waals surface area contributed by atoms with E-state index >= 15 is 0 Å². The highest BCUT2D eigenvalue weighted by Gasteiger charge is 2.26. The number of aromatic nitrogens is 4. The van der Waals surface area contributed by atoms with Gasteiger partial charge in [-0.15, -0.1) is 0 Å². The zero-order chi connectivity index (χ0) is 14.3. The summed E-state index contributed by atoms with van der Waals surface area (Å²) >= 11 is 3.42. The van der Waals surface area contributed by atoms with Crippen molar-refractivity contribution >= 4 is 39.0 Å². The molecule has 2 aromatic rings. The molecular formula is C11H13BrN6O2. The van der Waals surface area contributed by atoms with Crippen LogP contribution in [0.2, 0.25) is 0 Å². The molecule has 0 aliphatic carbocycles. The number of piperidine rings is 1. The molecule has 0 unspecified atom stereocenters. The Hall–Kier alpha value is -1.90. The number of fused-ring (bicyclic) bond motifs is 1. The SMILES string of the molecule is Nc1ncnc2c1nc(Br)n2C1CCN(C(=O)O)CC1. The minimum absolute atomic E-state index is 0.152. The second-order valence-corrected chi connectivity index (χ2v) is 5.39. The average molecular weight is 341 g/mol. The van der Waals surface area contributed by atoms with E-state index in [1.807, 2.05) is 4.57 Å². The lowest BCUT2D eigenvalue weighted by molar-refractivity contribution is 0.126. The van der Waals surface area contributed by atoms with Crippen LogP contribution < -0.4 is 5.73 Å². The topological polar surface area (TPSA) is 110 Å². The predicted octanol–water partition coefficient (Wildman–Crippen LogP) is 1.49. The van der Waals surface area contributed by atoms with E-state index in [-0.39, 0.29) is 6.04 Å². The molecule has 2 aromatic heterocycles. The Labute approximate surface area is 122 Å². The number of halogens is 1. The van der Waals surface area contributed by atoms with E-state index in [0.29, 0.717) is 34.8 Å². The second kappa shape index (κ2) is 4.89. The summed E-state index contributed by atoms with van der Waals surface area (Å²) in [7, 11) is 0. The number of carbonyl (C=O) groups is 1. The third-order valence-electron chi connectivity index (χ3n) is 3.56. The van der Waals surface area contributed by atoms with Crippen molar-refractivity contribution in [2.24, 2.45) is 0 Å². The van der Waals surface area contributed by atoms with Crippen LogP contribution in [0.15, 0.2) is 11.1 Å². The molecule has 0 radical (unpaired) electrons. The van der Waals surface area contributed by atoms with Gasteiger partial charge in [0.15, 0.2) is 21.7 Å². The maximum atomic E-state index is 10.9. The van der Waals surface area contributed by atoms with Gasteiger partial charge in [0.1, 0.15) is 6.33 Å². The fraction of sp³-hybridized carbons (Fsp3) is 0.455. The van der Waals surface area contributed by atoms with Gasteiger partial charge in [-0.05, 0) is 28.8 Å². The third kappa shape index (κ3) is 2.07. The van der Waals surface area contributed by atoms with E-state index in [1.165, 1.54) is 11.2 Å².